The van der Waals surface area contributed by atoms with Crippen LogP contribution in [0.4, 0.5) is 0 Å². The lowest BCUT2D eigenvalue weighted by atomic mass is 9.93. The molecule has 1 unspecified atom stereocenters. The zero-order valence-corrected chi connectivity index (χ0v) is 21.3. The number of fused-ring (bicyclic) bond motifs is 1. The van der Waals surface area contributed by atoms with Gasteiger partial charge in [0.05, 0.1) is 12.6 Å². The number of halogens is 1. The number of rotatable bonds is 12. The SMILES string of the molecule is CCCCCC(=O)N(CCCOCC)CC(=O)N1CCc2sccc2C1c1ccc(Cl)cc1. The van der Waals surface area contributed by atoms with E-state index < -0.39 is 0 Å². The first-order valence-electron chi connectivity index (χ1n) is 12.0. The van der Waals surface area contributed by atoms with Gasteiger partial charge in [-0.25, -0.2) is 0 Å². The third kappa shape index (κ3) is 7.05. The Morgan fingerprint density at radius 2 is 1.94 bits per heavy atom. The van der Waals surface area contributed by atoms with E-state index in [0.717, 1.165) is 37.7 Å². The summed E-state index contributed by atoms with van der Waals surface area (Å²) in [6.45, 7) is 6.64. The molecule has 0 aliphatic carbocycles. The lowest BCUT2D eigenvalue weighted by molar-refractivity contribution is -0.142. The average molecular weight is 491 g/mol. The summed E-state index contributed by atoms with van der Waals surface area (Å²) in [5, 5.41) is 2.77. The monoisotopic (exact) mass is 490 g/mol. The van der Waals surface area contributed by atoms with E-state index in [1.807, 2.05) is 36.1 Å². The first-order chi connectivity index (χ1) is 16.0. The van der Waals surface area contributed by atoms with Crippen LogP contribution in [0.1, 0.15) is 68.0 Å². The molecule has 1 aromatic heterocycles. The van der Waals surface area contributed by atoms with Crippen molar-refractivity contribution in [1.82, 2.24) is 9.80 Å². The first kappa shape index (κ1) is 25.7. The molecule has 0 N–H and O–H groups in total. The second-order valence-corrected chi connectivity index (χ2v) is 9.85. The van der Waals surface area contributed by atoms with Gasteiger partial charge in [0.1, 0.15) is 0 Å². The molecule has 0 radical (unpaired) electrons. The lowest BCUT2D eigenvalue weighted by Gasteiger charge is -2.37. The van der Waals surface area contributed by atoms with Gasteiger partial charge < -0.3 is 14.5 Å². The van der Waals surface area contributed by atoms with Crippen molar-refractivity contribution in [2.75, 3.05) is 32.8 Å². The molecule has 0 bridgehead atoms. The molecule has 0 fully saturated rings. The van der Waals surface area contributed by atoms with Crippen LogP contribution < -0.4 is 0 Å². The second kappa shape index (κ2) is 13.1. The molecule has 33 heavy (non-hydrogen) atoms. The van der Waals surface area contributed by atoms with Gasteiger partial charge in [-0.05, 0) is 60.9 Å². The van der Waals surface area contributed by atoms with Crippen LogP contribution in [0.2, 0.25) is 5.02 Å². The van der Waals surface area contributed by atoms with Crippen LogP contribution in [-0.2, 0) is 20.7 Å². The fraction of sp³-hybridized carbons (Fsp3) is 0.538. The summed E-state index contributed by atoms with van der Waals surface area (Å²) in [4.78, 5) is 31.5. The average Bonchev–Trinajstić information content (AvgIpc) is 3.30. The number of nitrogens with zero attached hydrogens (tertiary/aromatic N) is 2. The van der Waals surface area contributed by atoms with Crippen LogP contribution in [0.3, 0.4) is 0 Å². The first-order valence-corrected chi connectivity index (χ1v) is 13.3. The molecule has 1 aliphatic rings. The van der Waals surface area contributed by atoms with Crippen LogP contribution in [0.15, 0.2) is 35.7 Å². The van der Waals surface area contributed by atoms with Gasteiger partial charge in [-0.2, -0.15) is 0 Å². The van der Waals surface area contributed by atoms with Gasteiger partial charge in [-0.1, -0.05) is 43.5 Å². The van der Waals surface area contributed by atoms with E-state index in [4.69, 9.17) is 16.3 Å². The van der Waals surface area contributed by atoms with Gasteiger partial charge in [-0.15, -0.1) is 11.3 Å². The fourth-order valence-electron chi connectivity index (χ4n) is 4.32. The van der Waals surface area contributed by atoms with Crippen LogP contribution in [0.5, 0.6) is 0 Å². The minimum atomic E-state index is -0.148. The molecule has 1 aromatic carbocycles. The van der Waals surface area contributed by atoms with Gasteiger partial charge in [-0.3, -0.25) is 9.59 Å². The largest absolute Gasteiger partial charge is 0.382 e. The highest BCUT2D eigenvalue weighted by Crippen LogP contribution is 2.38. The van der Waals surface area contributed by atoms with Crippen molar-refractivity contribution < 1.29 is 14.3 Å². The van der Waals surface area contributed by atoms with Crippen LogP contribution >= 0.6 is 22.9 Å². The van der Waals surface area contributed by atoms with Crippen molar-refractivity contribution in [2.45, 2.75) is 58.4 Å². The lowest BCUT2D eigenvalue weighted by Crippen LogP contribution is -2.47. The summed E-state index contributed by atoms with van der Waals surface area (Å²) in [5.74, 6) is 0.0524. The maximum Gasteiger partial charge on any atom is 0.242 e. The van der Waals surface area contributed by atoms with Crippen molar-refractivity contribution >= 4 is 34.8 Å². The minimum Gasteiger partial charge on any atom is -0.382 e. The number of ether oxygens (including phenoxy) is 1. The third-order valence-electron chi connectivity index (χ3n) is 6.07. The summed E-state index contributed by atoms with van der Waals surface area (Å²) < 4.78 is 5.46. The Morgan fingerprint density at radius 1 is 1.15 bits per heavy atom. The molecular formula is C26H35ClN2O3S. The van der Waals surface area contributed by atoms with Crippen molar-refractivity contribution in [3.63, 3.8) is 0 Å². The normalized spacial score (nSPS) is 15.4. The molecule has 0 spiro atoms. The van der Waals surface area contributed by atoms with E-state index in [-0.39, 0.29) is 24.4 Å². The van der Waals surface area contributed by atoms with Crippen molar-refractivity contribution in [1.29, 1.82) is 0 Å². The Morgan fingerprint density at radius 3 is 2.67 bits per heavy atom. The van der Waals surface area contributed by atoms with E-state index in [0.29, 0.717) is 37.7 Å². The van der Waals surface area contributed by atoms with Crippen LogP contribution in [0, 0.1) is 0 Å². The predicted molar refractivity (Wildman–Crippen MR) is 135 cm³/mol. The molecule has 3 rings (SSSR count). The summed E-state index contributed by atoms with van der Waals surface area (Å²) in [6, 6.07) is 9.71. The fourth-order valence-corrected chi connectivity index (χ4v) is 5.35. The number of thiophene rings is 1. The number of carbonyl (C=O) groups excluding carboxylic acids is 2. The molecule has 2 heterocycles. The van der Waals surface area contributed by atoms with Gasteiger partial charge >= 0.3 is 0 Å². The molecule has 0 saturated carbocycles. The predicted octanol–water partition coefficient (Wildman–Crippen LogP) is 5.71. The molecule has 180 valence electrons. The number of carbonyl (C=O) groups is 2. The van der Waals surface area contributed by atoms with Crippen molar-refractivity contribution in [3.05, 3.63) is 56.7 Å². The number of hydrogen-bond acceptors (Lipinski definition) is 4. The number of amides is 2. The molecule has 1 aliphatic heterocycles. The van der Waals surface area contributed by atoms with E-state index in [9.17, 15) is 9.59 Å². The number of benzene rings is 1. The van der Waals surface area contributed by atoms with Gasteiger partial charge in [0.15, 0.2) is 0 Å². The van der Waals surface area contributed by atoms with Gasteiger partial charge in [0.25, 0.3) is 0 Å². The highest BCUT2D eigenvalue weighted by molar-refractivity contribution is 7.10. The van der Waals surface area contributed by atoms with Gasteiger partial charge in [0.2, 0.25) is 11.8 Å². The molecule has 2 aromatic rings. The maximum atomic E-state index is 13.6. The maximum absolute atomic E-state index is 13.6. The van der Waals surface area contributed by atoms with Crippen molar-refractivity contribution in [3.8, 4) is 0 Å². The molecule has 1 atom stereocenters. The van der Waals surface area contributed by atoms with Crippen LogP contribution in [0.25, 0.3) is 0 Å². The summed E-state index contributed by atoms with van der Waals surface area (Å²) in [7, 11) is 0. The molecule has 0 saturated heterocycles. The Bertz CT molecular complexity index is 899. The second-order valence-electron chi connectivity index (χ2n) is 8.41. The zero-order valence-electron chi connectivity index (χ0n) is 19.7. The van der Waals surface area contributed by atoms with E-state index in [1.165, 1.54) is 10.4 Å². The smallest absolute Gasteiger partial charge is 0.242 e. The zero-order chi connectivity index (χ0) is 23.6. The van der Waals surface area contributed by atoms with E-state index in [1.54, 1.807) is 16.2 Å². The van der Waals surface area contributed by atoms with E-state index >= 15 is 0 Å². The summed E-state index contributed by atoms with van der Waals surface area (Å²) in [5.41, 5.74) is 2.23. The Kier molecular flexibility index (Phi) is 10.2. The Hall–Kier alpha value is -1.89. The Balaban J connectivity index is 1.77. The Labute approximate surface area is 206 Å². The standard InChI is InChI=1S/C26H35ClN2O3S/c1-3-5-6-8-24(30)28(15-7-17-32-4-2)19-25(31)29-16-13-23-22(14-18-33-23)26(29)20-9-11-21(27)12-10-20/h9-12,14,18,26H,3-8,13,15-17,19H2,1-2H3. The van der Waals surface area contributed by atoms with Crippen LogP contribution in [-0.4, -0.2) is 54.5 Å². The third-order valence-corrected chi connectivity index (χ3v) is 7.31. The van der Waals surface area contributed by atoms with E-state index in [2.05, 4.69) is 18.4 Å². The molecular weight excluding hydrogens is 456 g/mol. The quantitative estimate of drug-likeness (QED) is 0.358. The molecule has 2 amide bonds. The molecule has 7 heteroatoms. The number of hydrogen-bond donors (Lipinski definition) is 0. The van der Waals surface area contributed by atoms with Crippen molar-refractivity contribution in [2.24, 2.45) is 0 Å². The topological polar surface area (TPSA) is 49.9 Å². The summed E-state index contributed by atoms with van der Waals surface area (Å²) >= 11 is 7.87. The summed E-state index contributed by atoms with van der Waals surface area (Å²) in [6.07, 6.45) is 5.02. The number of unbranched alkanes of at least 4 members (excludes halogenated alkanes) is 2. The highest BCUT2D eigenvalue weighted by Gasteiger charge is 2.33. The minimum absolute atomic E-state index is 0.00736. The van der Waals surface area contributed by atoms with Gasteiger partial charge in [0, 0.05) is 42.6 Å². The highest BCUT2D eigenvalue weighted by atomic mass is 35.5. The molecule has 5 nitrogen and oxygen atoms in total.